The van der Waals surface area contributed by atoms with Gasteiger partial charge >= 0.3 is 201 Å². The van der Waals surface area contributed by atoms with Crippen LogP contribution in [0.15, 0.2) is 144 Å². The van der Waals surface area contributed by atoms with Crippen LogP contribution in [-0.4, -0.2) is 27.8 Å². The molecule has 59 heavy (non-hydrogen) atoms. The predicted molar refractivity (Wildman–Crippen MR) is 242 cm³/mol. The van der Waals surface area contributed by atoms with Gasteiger partial charge in [-0.2, -0.15) is 5.26 Å². The SMILES string of the molecule is CC(C)c1cc(-c2cc[c]([Ge]([CH3])([CH3])[CH3])cc2)cc(C(C)C)c1-n1c(-c2[c-]ccc3c2oc2cc(C#N)ccc23)nc2ccccc21.[Ir].[c-]1ccccc1-c1ccccn1. The predicted octanol–water partition coefficient (Wildman–Crippen LogP) is 13.3. The van der Waals surface area contributed by atoms with Crippen molar-refractivity contribution in [2.75, 3.05) is 0 Å². The van der Waals surface area contributed by atoms with Crippen LogP contribution in [0.5, 0.6) is 0 Å². The molecule has 0 spiro atoms. The van der Waals surface area contributed by atoms with Crippen LogP contribution in [0.2, 0.25) is 17.3 Å². The smallest absolute Gasteiger partial charge is 0.0160 e. The number of nitriles is 1. The second-order valence-corrected chi connectivity index (χ2v) is 27.1. The summed E-state index contributed by atoms with van der Waals surface area (Å²) in [6.07, 6.45) is 1.79. The number of hydrogen-bond donors (Lipinski definition) is 0. The Balaban J connectivity index is 0.000000347. The molecule has 0 unspecified atom stereocenters. The third kappa shape index (κ3) is 8.34. The number of fused-ring (bicyclic) bond motifs is 4. The number of aromatic nitrogens is 3. The molecule has 0 fully saturated rings. The van der Waals surface area contributed by atoms with E-state index in [2.05, 4.69) is 127 Å². The van der Waals surface area contributed by atoms with Crippen molar-refractivity contribution in [1.29, 1.82) is 5.26 Å². The maximum atomic E-state index is 9.52. The number of benzene rings is 6. The molecule has 0 aliphatic carbocycles. The Morgan fingerprint density at radius 1 is 0.712 bits per heavy atom. The van der Waals surface area contributed by atoms with Crippen LogP contribution in [-0.2, 0) is 20.1 Å². The third-order valence-electron chi connectivity index (χ3n) is 10.7. The average molecular weight is 1010 g/mol. The summed E-state index contributed by atoms with van der Waals surface area (Å²) in [7, 11) is 0. The van der Waals surface area contributed by atoms with Crippen LogP contribution in [0.1, 0.15) is 56.2 Å². The second-order valence-electron chi connectivity index (χ2n) is 16.4. The minimum atomic E-state index is -1.92. The summed E-state index contributed by atoms with van der Waals surface area (Å²) < 4.78 is 10.4. The quantitative estimate of drug-likeness (QED) is 0.118. The van der Waals surface area contributed by atoms with Crippen LogP contribution >= 0.6 is 0 Å². The van der Waals surface area contributed by atoms with Gasteiger partial charge in [0.1, 0.15) is 5.58 Å². The largest absolute Gasteiger partial charge is 0.305 e. The molecular formula is C52H46GeIrN4O-2. The van der Waals surface area contributed by atoms with Crippen LogP contribution < -0.4 is 4.40 Å². The van der Waals surface area contributed by atoms with Gasteiger partial charge in [-0.05, 0) is 23.9 Å². The van der Waals surface area contributed by atoms with Gasteiger partial charge in [0.05, 0.1) is 11.6 Å². The Morgan fingerprint density at radius 2 is 1.42 bits per heavy atom. The van der Waals surface area contributed by atoms with Crippen molar-refractivity contribution in [3.05, 3.63) is 168 Å². The Bertz CT molecular complexity index is 2870. The third-order valence-corrected chi connectivity index (χ3v) is 15.1. The summed E-state index contributed by atoms with van der Waals surface area (Å²) >= 11 is -1.92. The number of imidazole rings is 1. The Kier molecular flexibility index (Phi) is 12.2. The molecule has 0 bridgehead atoms. The normalized spacial score (nSPS) is 11.5. The molecule has 0 saturated carbocycles. The van der Waals surface area contributed by atoms with E-state index in [1.807, 2.05) is 78.9 Å². The number of hydrogen-bond acceptors (Lipinski definition) is 4. The fourth-order valence-electron chi connectivity index (χ4n) is 7.62. The molecular weight excluding hydrogens is 961 g/mol. The molecule has 0 aliphatic rings. The van der Waals surface area contributed by atoms with E-state index in [0.29, 0.717) is 11.1 Å². The van der Waals surface area contributed by atoms with Crippen molar-refractivity contribution in [1.82, 2.24) is 14.5 Å². The summed E-state index contributed by atoms with van der Waals surface area (Å²) in [4.78, 5) is 9.47. The van der Waals surface area contributed by atoms with Gasteiger partial charge < -0.3 is 9.40 Å². The molecule has 0 N–H and O–H groups in total. The van der Waals surface area contributed by atoms with Crippen molar-refractivity contribution < 1.29 is 24.5 Å². The molecule has 0 amide bonds. The van der Waals surface area contributed by atoms with E-state index in [4.69, 9.17) is 9.40 Å². The molecule has 3 aromatic heterocycles. The monoisotopic (exact) mass is 1010 g/mol. The van der Waals surface area contributed by atoms with E-state index in [9.17, 15) is 5.26 Å². The van der Waals surface area contributed by atoms with Gasteiger partial charge in [0.15, 0.2) is 0 Å². The number of pyridine rings is 1. The van der Waals surface area contributed by atoms with E-state index in [1.165, 1.54) is 32.3 Å². The van der Waals surface area contributed by atoms with Crippen LogP contribution in [0.3, 0.4) is 0 Å². The van der Waals surface area contributed by atoms with Crippen LogP contribution in [0.4, 0.5) is 0 Å². The molecule has 3 heterocycles. The first-order valence-electron chi connectivity index (χ1n) is 19.9. The summed E-state index contributed by atoms with van der Waals surface area (Å²) in [5, 5.41) is 11.5. The summed E-state index contributed by atoms with van der Waals surface area (Å²) in [5.41, 5.74) is 13.0. The van der Waals surface area contributed by atoms with Gasteiger partial charge in [-0.25, -0.2) is 0 Å². The van der Waals surface area contributed by atoms with Gasteiger partial charge in [0.25, 0.3) is 0 Å². The zero-order valence-corrected chi connectivity index (χ0v) is 39.0. The molecule has 5 nitrogen and oxygen atoms in total. The molecule has 7 heteroatoms. The maximum Gasteiger partial charge on any atom is 0.0160 e. The van der Waals surface area contributed by atoms with Gasteiger partial charge in [-0.3, -0.25) is 0 Å². The average Bonchev–Trinajstić information content (AvgIpc) is 3.82. The molecule has 1 radical (unpaired) electrons. The summed E-state index contributed by atoms with van der Waals surface area (Å²) in [6, 6.07) is 54.6. The van der Waals surface area contributed by atoms with E-state index >= 15 is 0 Å². The summed E-state index contributed by atoms with van der Waals surface area (Å²) in [5.74, 6) is 8.65. The van der Waals surface area contributed by atoms with Gasteiger partial charge in [-0.15, -0.1) is 48.0 Å². The number of furan rings is 1. The van der Waals surface area contributed by atoms with E-state index in [-0.39, 0.29) is 31.9 Å². The Hall–Kier alpha value is -5.58. The van der Waals surface area contributed by atoms with Crippen LogP contribution in [0.25, 0.3) is 72.4 Å². The van der Waals surface area contributed by atoms with E-state index < -0.39 is 13.3 Å². The van der Waals surface area contributed by atoms with Crippen molar-refractivity contribution in [2.24, 2.45) is 0 Å². The standard InChI is InChI=1S/C41H38GeN3O.C11H8N.Ir/c1-25(2)34-22-29(28-16-18-30(19-17-28)42(5,6)7)23-35(26(3)4)39(34)45-37-14-9-8-13-36(37)44-41(45)33-12-10-11-32-31-20-15-27(24-43)21-38(31)46-40(32)33;1-2-6-10(7-3-1)11-8-4-5-9-12-11;/h8-11,13-23,25-26H,1-7H3;1-6,8-9H;/q2*-1;. The summed E-state index contributed by atoms with van der Waals surface area (Å²) in [6.45, 7) is 9.11. The van der Waals surface area contributed by atoms with Crippen molar-refractivity contribution in [2.45, 2.75) is 56.8 Å². The van der Waals surface area contributed by atoms with Crippen molar-refractivity contribution >= 4 is 50.6 Å². The van der Waals surface area contributed by atoms with Crippen molar-refractivity contribution in [3.8, 4) is 45.5 Å². The fourth-order valence-corrected chi connectivity index (χ4v) is 10.1. The van der Waals surface area contributed by atoms with E-state index in [1.54, 1.807) is 6.20 Å². The zero-order valence-electron chi connectivity index (χ0n) is 34.5. The van der Waals surface area contributed by atoms with Crippen molar-refractivity contribution in [3.63, 3.8) is 0 Å². The van der Waals surface area contributed by atoms with Gasteiger partial charge in [-0.1, -0.05) is 29.7 Å². The number of nitrogens with zero attached hydrogens (tertiary/aromatic N) is 4. The molecule has 9 aromatic rings. The molecule has 0 aliphatic heterocycles. The molecule has 0 atom stereocenters. The topological polar surface area (TPSA) is 67.6 Å². The zero-order chi connectivity index (χ0) is 40.6. The molecule has 6 aromatic carbocycles. The minimum Gasteiger partial charge on any atom is -0.305 e. The Morgan fingerprint density at radius 3 is 2.07 bits per heavy atom. The van der Waals surface area contributed by atoms with Gasteiger partial charge in [0, 0.05) is 31.7 Å². The fraction of sp³-hybridized carbons (Fsp3) is 0.173. The maximum absolute atomic E-state index is 9.52. The minimum absolute atomic E-state index is 0. The first-order valence-corrected chi connectivity index (χ1v) is 27.3. The Labute approximate surface area is 363 Å². The molecule has 0 saturated heterocycles. The molecule has 295 valence electrons. The van der Waals surface area contributed by atoms with Gasteiger partial charge in [0.2, 0.25) is 0 Å². The second kappa shape index (κ2) is 17.3. The number of rotatable bonds is 7. The first-order chi connectivity index (χ1) is 28.0. The number of para-hydroxylation sites is 2. The first kappa shape index (κ1) is 41.6. The van der Waals surface area contributed by atoms with E-state index in [0.717, 1.165) is 50.0 Å². The van der Waals surface area contributed by atoms with Crippen LogP contribution in [0, 0.1) is 23.5 Å². The molecule has 9 rings (SSSR count).